The van der Waals surface area contributed by atoms with Crippen LogP contribution in [0.1, 0.15) is 12.7 Å². The largest absolute Gasteiger partial charge is 0.494 e. The molecule has 1 saturated heterocycles. The van der Waals surface area contributed by atoms with Crippen molar-refractivity contribution in [3.63, 3.8) is 0 Å². The van der Waals surface area contributed by atoms with Crippen LogP contribution in [0.2, 0.25) is 0 Å². The van der Waals surface area contributed by atoms with Crippen molar-refractivity contribution in [1.82, 2.24) is 0 Å². The lowest BCUT2D eigenvalue weighted by atomic mass is 10.2. The van der Waals surface area contributed by atoms with Crippen molar-refractivity contribution >= 4 is 46.0 Å². The average Bonchev–Trinajstić information content (AvgIpc) is 3.10. The normalized spacial score (nSPS) is 16.6. The molecule has 0 saturated carbocycles. The van der Waals surface area contributed by atoms with Gasteiger partial charge in [0.25, 0.3) is 5.91 Å². The lowest BCUT2D eigenvalue weighted by Gasteiger charge is -2.15. The van der Waals surface area contributed by atoms with Crippen LogP contribution in [-0.2, 0) is 4.79 Å². The molecular formula is C16H13NO3S2. The Hall–Kier alpha value is -2.05. The summed E-state index contributed by atoms with van der Waals surface area (Å²) in [6, 6.07) is 10.9. The first-order chi connectivity index (χ1) is 10.7. The van der Waals surface area contributed by atoms with Crippen LogP contribution in [0.5, 0.6) is 5.75 Å². The molecule has 0 aliphatic carbocycles. The number of thiocarbonyl (C=S) groups is 1. The summed E-state index contributed by atoms with van der Waals surface area (Å²) in [5.74, 6) is 1.26. The highest BCUT2D eigenvalue weighted by atomic mass is 32.2. The zero-order chi connectivity index (χ0) is 15.5. The summed E-state index contributed by atoms with van der Waals surface area (Å²) in [5.41, 5.74) is 0.730. The fourth-order valence-corrected chi connectivity index (χ4v) is 3.33. The quantitative estimate of drug-likeness (QED) is 0.624. The second kappa shape index (κ2) is 6.37. The van der Waals surface area contributed by atoms with Gasteiger partial charge in [0.2, 0.25) is 0 Å². The molecule has 0 unspecified atom stereocenters. The van der Waals surface area contributed by atoms with Crippen molar-refractivity contribution in [3.8, 4) is 5.75 Å². The van der Waals surface area contributed by atoms with Gasteiger partial charge in [-0.25, -0.2) is 0 Å². The van der Waals surface area contributed by atoms with E-state index in [-0.39, 0.29) is 5.91 Å². The Balaban J connectivity index is 1.85. The predicted octanol–water partition coefficient (Wildman–Crippen LogP) is 4.08. The molecule has 1 aliphatic heterocycles. The van der Waals surface area contributed by atoms with Gasteiger partial charge in [0.05, 0.1) is 23.5 Å². The molecule has 3 rings (SSSR count). The van der Waals surface area contributed by atoms with Crippen molar-refractivity contribution in [2.75, 3.05) is 11.5 Å². The Morgan fingerprint density at radius 1 is 1.32 bits per heavy atom. The lowest BCUT2D eigenvalue weighted by molar-refractivity contribution is -0.113. The third kappa shape index (κ3) is 2.93. The van der Waals surface area contributed by atoms with Gasteiger partial charge >= 0.3 is 0 Å². The number of thioether (sulfide) groups is 1. The highest BCUT2D eigenvalue weighted by molar-refractivity contribution is 8.27. The molecule has 1 fully saturated rings. The number of ether oxygens (including phenoxy) is 1. The fraction of sp³-hybridized carbons (Fsp3) is 0.125. The topological polar surface area (TPSA) is 42.7 Å². The van der Waals surface area contributed by atoms with Gasteiger partial charge in [-0.05, 0) is 43.3 Å². The van der Waals surface area contributed by atoms with Crippen LogP contribution in [0.3, 0.4) is 0 Å². The molecule has 2 aromatic rings. The van der Waals surface area contributed by atoms with E-state index < -0.39 is 0 Å². The lowest BCUT2D eigenvalue weighted by Crippen LogP contribution is -2.27. The van der Waals surface area contributed by atoms with E-state index in [0.29, 0.717) is 21.6 Å². The number of amides is 1. The van der Waals surface area contributed by atoms with E-state index in [9.17, 15) is 4.79 Å². The Labute approximate surface area is 137 Å². The molecular weight excluding hydrogens is 318 g/mol. The molecule has 0 atom stereocenters. The van der Waals surface area contributed by atoms with E-state index >= 15 is 0 Å². The maximum absolute atomic E-state index is 12.5. The fourth-order valence-electron chi connectivity index (χ4n) is 2.05. The minimum absolute atomic E-state index is 0.143. The first-order valence-corrected chi connectivity index (χ1v) is 7.96. The van der Waals surface area contributed by atoms with Gasteiger partial charge in [0.15, 0.2) is 4.32 Å². The zero-order valence-corrected chi connectivity index (χ0v) is 13.4. The van der Waals surface area contributed by atoms with Gasteiger partial charge in [0.1, 0.15) is 11.5 Å². The molecule has 22 heavy (non-hydrogen) atoms. The number of carbonyl (C=O) groups is 1. The maximum atomic E-state index is 12.5. The van der Waals surface area contributed by atoms with Gasteiger partial charge < -0.3 is 9.15 Å². The van der Waals surface area contributed by atoms with Crippen molar-refractivity contribution in [2.24, 2.45) is 0 Å². The van der Waals surface area contributed by atoms with E-state index in [1.54, 1.807) is 24.5 Å². The summed E-state index contributed by atoms with van der Waals surface area (Å²) >= 11 is 6.59. The summed E-state index contributed by atoms with van der Waals surface area (Å²) in [5, 5.41) is 0. The van der Waals surface area contributed by atoms with Crippen molar-refractivity contribution in [3.05, 3.63) is 53.3 Å². The van der Waals surface area contributed by atoms with E-state index in [1.807, 2.05) is 31.2 Å². The van der Waals surface area contributed by atoms with Gasteiger partial charge in [-0.2, -0.15) is 0 Å². The number of nitrogens with zero attached hydrogens (tertiary/aromatic N) is 1. The molecule has 4 nitrogen and oxygen atoms in total. The standard InChI is InChI=1S/C16H13NO3S2/c1-2-19-12-7-5-11(6-8-12)17-15(18)14(22-16(17)21)10-13-4-3-9-20-13/h3-10H,2H2,1H3. The van der Waals surface area contributed by atoms with Crippen LogP contribution < -0.4 is 9.64 Å². The van der Waals surface area contributed by atoms with Crippen molar-refractivity contribution in [2.45, 2.75) is 6.92 Å². The van der Waals surface area contributed by atoms with Crippen LogP contribution in [-0.4, -0.2) is 16.8 Å². The van der Waals surface area contributed by atoms with Crippen LogP contribution in [0.15, 0.2) is 52.0 Å². The number of carbonyl (C=O) groups excluding carboxylic acids is 1. The smallest absolute Gasteiger partial charge is 0.270 e. The maximum Gasteiger partial charge on any atom is 0.270 e. The monoisotopic (exact) mass is 331 g/mol. The second-order valence-electron chi connectivity index (χ2n) is 4.46. The van der Waals surface area contributed by atoms with E-state index in [0.717, 1.165) is 11.4 Å². The third-order valence-electron chi connectivity index (χ3n) is 3.02. The number of anilines is 1. The molecule has 0 radical (unpaired) electrons. The molecule has 1 amide bonds. The van der Waals surface area contributed by atoms with Gasteiger partial charge in [-0.3, -0.25) is 9.69 Å². The summed E-state index contributed by atoms with van der Waals surface area (Å²) in [4.78, 5) is 14.6. The number of hydrogen-bond donors (Lipinski definition) is 0. The second-order valence-corrected chi connectivity index (χ2v) is 6.14. The SMILES string of the molecule is CCOc1ccc(N2C(=O)C(=Cc3ccco3)SC2=S)cc1. The average molecular weight is 331 g/mol. The van der Waals surface area contributed by atoms with Gasteiger partial charge in [0, 0.05) is 6.08 Å². The van der Waals surface area contributed by atoms with E-state index in [4.69, 9.17) is 21.4 Å². The van der Waals surface area contributed by atoms with Crippen molar-refractivity contribution < 1.29 is 13.9 Å². The molecule has 1 aromatic carbocycles. The minimum Gasteiger partial charge on any atom is -0.494 e. The minimum atomic E-state index is -0.143. The van der Waals surface area contributed by atoms with Crippen LogP contribution in [0.25, 0.3) is 6.08 Å². The van der Waals surface area contributed by atoms with E-state index in [2.05, 4.69) is 0 Å². The first kappa shape index (κ1) is 14.9. The number of rotatable bonds is 4. The predicted molar refractivity (Wildman–Crippen MR) is 92.0 cm³/mol. The molecule has 1 aliphatic rings. The third-order valence-corrected chi connectivity index (χ3v) is 4.32. The van der Waals surface area contributed by atoms with Crippen molar-refractivity contribution in [1.29, 1.82) is 0 Å². The Morgan fingerprint density at radius 2 is 2.09 bits per heavy atom. The zero-order valence-electron chi connectivity index (χ0n) is 11.8. The highest BCUT2D eigenvalue weighted by Crippen LogP contribution is 2.36. The Morgan fingerprint density at radius 3 is 2.73 bits per heavy atom. The number of benzene rings is 1. The van der Waals surface area contributed by atoms with Crippen LogP contribution in [0.4, 0.5) is 5.69 Å². The summed E-state index contributed by atoms with van der Waals surface area (Å²) in [6.07, 6.45) is 3.27. The molecule has 112 valence electrons. The van der Waals surface area contributed by atoms with E-state index in [1.165, 1.54) is 16.7 Å². The molecule has 2 heterocycles. The molecule has 6 heteroatoms. The number of hydrogen-bond acceptors (Lipinski definition) is 5. The Bertz CT molecular complexity index is 720. The van der Waals surface area contributed by atoms with Gasteiger partial charge in [-0.1, -0.05) is 24.0 Å². The van der Waals surface area contributed by atoms with Crippen LogP contribution >= 0.6 is 24.0 Å². The summed E-state index contributed by atoms with van der Waals surface area (Å²) in [6.45, 7) is 2.53. The van der Waals surface area contributed by atoms with Crippen LogP contribution in [0, 0.1) is 0 Å². The molecule has 0 N–H and O–H groups in total. The Kier molecular flexibility index (Phi) is 4.31. The summed E-state index contributed by atoms with van der Waals surface area (Å²) in [7, 11) is 0. The van der Waals surface area contributed by atoms with Gasteiger partial charge in [-0.15, -0.1) is 0 Å². The number of furan rings is 1. The first-order valence-electron chi connectivity index (χ1n) is 6.73. The highest BCUT2D eigenvalue weighted by Gasteiger charge is 2.33. The summed E-state index contributed by atoms with van der Waals surface area (Å²) < 4.78 is 11.2. The molecule has 1 aromatic heterocycles. The molecule has 0 spiro atoms. The molecule has 0 bridgehead atoms.